The van der Waals surface area contributed by atoms with Crippen molar-refractivity contribution in [2.45, 2.75) is 60.2 Å². The number of carbonyl (C=O) groups is 1. The van der Waals surface area contributed by atoms with E-state index in [4.69, 9.17) is 0 Å². The number of benzene rings is 2. The maximum atomic E-state index is 13.5. The summed E-state index contributed by atoms with van der Waals surface area (Å²) in [5, 5.41) is 9.04. The van der Waals surface area contributed by atoms with E-state index in [0.717, 1.165) is 22.7 Å². The summed E-state index contributed by atoms with van der Waals surface area (Å²) < 4.78 is 3.34. The first-order valence-electron chi connectivity index (χ1n) is 11.1. The highest BCUT2D eigenvalue weighted by Crippen LogP contribution is 2.28. The fraction of sp³-hybridized carbons (Fsp3) is 0.346. The quantitative estimate of drug-likeness (QED) is 0.497. The van der Waals surface area contributed by atoms with Crippen LogP contribution < -0.4 is 10.9 Å². The van der Waals surface area contributed by atoms with Crippen molar-refractivity contribution in [1.29, 1.82) is 0 Å². The molecule has 2 aromatic carbocycles. The molecule has 2 aromatic heterocycles. The second-order valence-electron chi connectivity index (χ2n) is 8.73. The second kappa shape index (κ2) is 8.61. The van der Waals surface area contributed by atoms with E-state index in [1.807, 2.05) is 38.1 Å². The maximum Gasteiger partial charge on any atom is 0.291 e. The van der Waals surface area contributed by atoms with Gasteiger partial charge in [0.05, 0.1) is 6.20 Å². The van der Waals surface area contributed by atoms with E-state index >= 15 is 0 Å². The number of fused-ring (bicyclic) bond motifs is 3. The molecular formula is C26H30N4O2. The van der Waals surface area contributed by atoms with Crippen LogP contribution in [0.2, 0.25) is 0 Å². The first-order valence-corrected chi connectivity index (χ1v) is 11.1. The number of aromatic nitrogens is 3. The molecule has 1 N–H and O–H groups in total. The van der Waals surface area contributed by atoms with E-state index < -0.39 is 0 Å². The van der Waals surface area contributed by atoms with Crippen LogP contribution in [-0.2, 0) is 17.9 Å². The Labute approximate surface area is 187 Å². The van der Waals surface area contributed by atoms with Crippen molar-refractivity contribution in [1.82, 2.24) is 19.7 Å². The lowest BCUT2D eigenvalue weighted by Crippen LogP contribution is -2.38. The van der Waals surface area contributed by atoms with Gasteiger partial charge in [-0.15, -0.1) is 0 Å². The van der Waals surface area contributed by atoms with E-state index in [-0.39, 0.29) is 24.1 Å². The predicted octanol–water partition coefficient (Wildman–Crippen LogP) is 4.24. The van der Waals surface area contributed by atoms with Crippen LogP contribution in [0.1, 0.15) is 42.5 Å². The minimum absolute atomic E-state index is 0.0564. The van der Waals surface area contributed by atoms with Crippen molar-refractivity contribution in [3.63, 3.8) is 0 Å². The molecule has 6 heteroatoms. The summed E-state index contributed by atoms with van der Waals surface area (Å²) in [6.07, 6.45) is 2.54. The van der Waals surface area contributed by atoms with Gasteiger partial charge in [0, 0.05) is 28.9 Å². The van der Waals surface area contributed by atoms with Gasteiger partial charge in [-0.3, -0.25) is 9.59 Å². The highest BCUT2D eigenvalue weighted by atomic mass is 16.2. The summed E-state index contributed by atoms with van der Waals surface area (Å²) in [6, 6.07) is 12.4. The van der Waals surface area contributed by atoms with Crippen LogP contribution in [0, 0.1) is 20.8 Å². The minimum atomic E-state index is -0.250. The van der Waals surface area contributed by atoms with E-state index in [2.05, 4.69) is 47.9 Å². The molecule has 0 aliphatic rings. The fourth-order valence-corrected chi connectivity index (χ4v) is 4.45. The van der Waals surface area contributed by atoms with Gasteiger partial charge in [-0.2, -0.15) is 5.10 Å². The number of amides is 1. The van der Waals surface area contributed by atoms with Crippen LogP contribution in [0.4, 0.5) is 0 Å². The molecule has 0 saturated carbocycles. The smallest absolute Gasteiger partial charge is 0.291 e. The van der Waals surface area contributed by atoms with Crippen molar-refractivity contribution in [2.75, 3.05) is 0 Å². The lowest BCUT2D eigenvalue weighted by atomic mass is 10.00. The average Bonchev–Trinajstić information content (AvgIpc) is 3.06. The number of nitrogens with zero attached hydrogens (tertiary/aromatic N) is 3. The zero-order valence-electron chi connectivity index (χ0n) is 19.4. The number of para-hydroxylation sites is 1. The number of hydrogen-bond donors (Lipinski definition) is 1. The largest absolute Gasteiger partial charge is 0.352 e. The number of hydrogen-bond acceptors (Lipinski definition) is 3. The summed E-state index contributed by atoms with van der Waals surface area (Å²) in [7, 11) is 0. The van der Waals surface area contributed by atoms with E-state index in [1.165, 1.54) is 26.9 Å². The third-order valence-corrected chi connectivity index (χ3v) is 6.24. The highest BCUT2D eigenvalue weighted by molar-refractivity contribution is 6.07. The van der Waals surface area contributed by atoms with Crippen LogP contribution >= 0.6 is 0 Å². The monoisotopic (exact) mass is 430 g/mol. The van der Waals surface area contributed by atoms with Crippen LogP contribution in [0.5, 0.6) is 0 Å². The average molecular weight is 431 g/mol. The van der Waals surface area contributed by atoms with Gasteiger partial charge < -0.3 is 9.88 Å². The molecule has 0 fully saturated rings. The summed E-state index contributed by atoms with van der Waals surface area (Å²) in [5.74, 6) is -0.207. The molecule has 0 aliphatic carbocycles. The highest BCUT2D eigenvalue weighted by Gasteiger charge is 2.18. The van der Waals surface area contributed by atoms with Crippen LogP contribution in [0.3, 0.4) is 0 Å². The van der Waals surface area contributed by atoms with Gasteiger partial charge in [0.15, 0.2) is 0 Å². The van der Waals surface area contributed by atoms with Crippen molar-refractivity contribution in [2.24, 2.45) is 0 Å². The Balaban J connectivity index is 1.87. The predicted molar refractivity (Wildman–Crippen MR) is 129 cm³/mol. The first-order chi connectivity index (χ1) is 15.3. The summed E-state index contributed by atoms with van der Waals surface area (Å²) in [5.41, 5.74) is 6.16. The van der Waals surface area contributed by atoms with Gasteiger partial charge in [0.1, 0.15) is 12.1 Å². The molecule has 0 unspecified atom stereocenters. The minimum Gasteiger partial charge on any atom is -0.352 e. The molecule has 4 aromatic rings. The molecule has 0 bridgehead atoms. The van der Waals surface area contributed by atoms with E-state index in [9.17, 15) is 9.59 Å². The standard InChI is InChI=1S/C26H30N4O2/c1-6-19(5)28-24(31)15-30-26(32)25-21(13-27-30)20-9-7-8-10-23(20)29(25)14-22-17(3)11-16(2)12-18(22)4/h7-13,19H,6,14-15H2,1-5H3,(H,28,31)/t19-/m0/s1. The Morgan fingerprint density at radius 1 is 1.09 bits per heavy atom. The molecule has 0 radical (unpaired) electrons. The van der Waals surface area contributed by atoms with E-state index in [1.54, 1.807) is 6.20 Å². The molecule has 2 heterocycles. The molecule has 0 aliphatic heterocycles. The first kappa shape index (κ1) is 21.8. The fourth-order valence-electron chi connectivity index (χ4n) is 4.45. The molecule has 32 heavy (non-hydrogen) atoms. The maximum absolute atomic E-state index is 13.5. The number of rotatable bonds is 6. The molecular weight excluding hydrogens is 400 g/mol. The van der Waals surface area contributed by atoms with Gasteiger partial charge in [-0.25, -0.2) is 4.68 Å². The molecule has 1 atom stereocenters. The van der Waals surface area contributed by atoms with Crippen molar-refractivity contribution in [3.05, 3.63) is 75.2 Å². The number of aryl methyl sites for hydroxylation is 3. The molecule has 0 saturated heterocycles. The topological polar surface area (TPSA) is 68.9 Å². The number of carbonyl (C=O) groups excluding carboxylic acids is 1. The Hall–Kier alpha value is -3.41. The molecule has 166 valence electrons. The van der Waals surface area contributed by atoms with Gasteiger partial charge in [-0.05, 0) is 56.9 Å². The van der Waals surface area contributed by atoms with Crippen LogP contribution in [0.25, 0.3) is 21.8 Å². The summed E-state index contributed by atoms with van der Waals surface area (Å²) >= 11 is 0. The van der Waals surface area contributed by atoms with Gasteiger partial charge in [0.25, 0.3) is 5.56 Å². The Morgan fingerprint density at radius 3 is 2.47 bits per heavy atom. The zero-order chi connectivity index (χ0) is 23.0. The third kappa shape index (κ3) is 3.93. The Kier molecular flexibility index (Phi) is 5.87. The Morgan fingerprint density at radius 2 is 1.78 bits per heavy atom. The van der Waals surface area contributed by atoms with Gasteiger partial charge in [0.2, 0.25) is 5.91 Å². The molecule has 6 nitrogen and oxygen atoms in total. The van der Waals surface area contributed by atoms with E-state index in [0.29, 0.717) is 12.1 Å². The Bertz CT molecular complexity index is 1360. The lowest BCUT2D eigenvalue weighted by Gasteiger charge is -2.15. The number of nitrogens with one attached hydrogen (secondary N) is 1. The molecule has 4 rings (SSSR count). The molecule has 0 spiro atoms. The van der Waals surface area contributed by atoms with Crippen molar-refractivity contribution < 1.29 is 4.79 Å². The van der Waals surface area contributed by atoms with Crippen molar-refractivity contribution >= 4 is 27.7 Å². The summed E-state index contributed by atoms with van der Waals surface area (Å²) in [4.78, 5) is 25.9. The van der Waals surface area contributed by atoms with Crippen LogP contribution in [-0.4, -0.2) is 26.3 Å². The molecule has 1 amide bonds. The van der Waals surface area contributed by atoms with Gasteiger partial charge >= 0.3 is 0 Å². The SMILES string of the molecule is CC[C@H](C)NC(=O)Cn1ncc2c3ccccc3n(Cc3c(C)cc(C)cc3C)c2c1=O. The summed E-state index contributed by atoms with van der Waals surface area (Å²) in [6.45, 7) is 10.8. The van der Waals surface area contributed by atoms with Gasteiger partial charge in [-0.1, -0.05) is 42.8 Å². The lowest BCUT2D eigenvalue weighted by molar-refractivity contribution is -0.122. The normalized spacial score (nSPS) is 12.4. The van der Waals surface area contributed by atoms with Crippen molar-refractivity contribution in [3.8, 4) is 0 Å². The second-order valence-corrected chi connectivity index (χ2v) is 8.73. The zero-order valence-corrected chi connectivity index (χ0v) is 19.4. The van der Waals surface area contributed by atoms with Crippen LogP contribution in [0.15, 0.2) is 47.4 Å². The third-order valence-electron chi connectivity index (χ3n) is 6.24.